The summed E-state index contributed by atoms with van der Waals surface area (Å²) in [5.74, 6) is 0. The van der Waals surface area contributed by atoms with Crippen LogP contribution < -0.4 is 0 Å². The standard InChI is InChI=1S/C3H6Br2O2/c4-2-7-3(5)1-6/h3,6H,1-2H2. The first kappa shape index (κ1) is 7.88. The average Bonchev–Trinajstić information content (AvgIpc) is 1.68. The quantitative estimate of drug-likeness (QED) is 0.740. The molecule has 0 spiro atoms. The Kier molecular flexibility index (Phi) is 5.66. The predicted molar refractivity (Wildman–Crippen MR) is 34.7 cm³/mol. The molecule has 1 unspecified atom stereocenters. The first-order valence-corrected chi connectivity index (χ1v) is 3.77. The van der Waals surface area contributed by atoms with E-state index in [1.165, 1.54) is 0 Å². The molecule has 0 amide bonds. The van der Waals surface area contributed by atoms with Gasteiger partial charge in [0.25, 0.3) is 0 Å². The smallest absolute Gasteiger partial charge is 0.136 e. The van der Waals surface area contributed by atoms with Gasteiger partial charge in [0.05, 0.1) is 6.61 Å². The zero-order valence-electron chi connectivity index (χ0n) is 3.60. The van der Waals surface area contributed by atoms with E-state index in [2.05, 4.69) is 31.9 Å². The second-order valence-electron chi connectivity index (χ2n) is 0.868. The van der Waals surface area contributed by atoms with E-state index in [1.807, 2.05) is 0 Å². The molecule has 7 heavy (non-hydrogen) atoms. The molecule has 1 N–H and O–H groups in total. The van der Waals surface area contributed by atoms with Crippen molar-refractivity contribution in [2.24, 2.45) is 0 Å². The lowest BCUT2D eigenvalue weighted by molar-refractivity contribution is 0.107. The number of hydrogen-bond acceptors (Lipinski definition) is 2. The fourth-order valence-electron chi connectivity index (χ4n) is 0.121. The van der Waals surface area contributed by atoms with Crippen molar-refractivity contribution >= 4 is 31.9 Å². The molecule has 1 atom stereocenters. The van der Waals surface area contributed by atoms with Crippen LogP contribution in [0.2, 0.25) is 0 Å². The third kappa shape index (κ3) is 4.74. The Hall–Kier alpha value is 0.880. The lowest BCUT2D eigenvalue weighted by atomic mass is 10.8. The Balaban J connectivity index is 2.83. The molecule has 44 valence electrons. The van der Waals surface area contributed by atoms with Crippen LogP contribution in [0.4, 0.5) is 0 Å². The minimum atomic E-state index is -0.230. The summed E-state index contributed by atoms with van der Waals surface area (Å²) in [6.45, 7) is 0.00556. The van der Waals surface area contributed by atoms with Crippen LogP contribution in [-0.2, 0) is 4.74 Å². The number of rotatable bonds is 3. The summed E-state index contributed by atoms with van der Waals surface area (Å²) in [4.78, 5) is 0. The first-order valence-electron chi connectivity index (χ1n) is 1.73. The molecule has 0 aromatic rings. The largest absolute Gasteiger partial charge is 0.393 e. The molecule has 0 aromatic carbocycles. The molecule has 0 radical (unpaired) electrons. The summed E-state index contributed by atoms with van der Waals surface area (Å²) in [5, 5.41) is 8.04. The van der Waals surface area contributed by atoms with Gasteiger partial charge < -0.3 is 9.84 Å². The Labute approximate surface area is 59.1 Å². The van der Waals surface area contributed by atoms with Crippen LogP contribution in [0.5, 0.6) is 0 Å². The lowest BCUT2D eigenvalue weighted by Crippen LogP contribution is -2.06. The molecule has 2 nitrogen and oxygen atoms in total. The summed E-state index contributed by atoms with van der Waals surface area (Å²) in [7, 11) is 0. The highest BCUT2D eigenvalue weighted by atomic mass is 79.9. The number of alkyl halides is 2. The number of ether oxygens (including phenoxy) is 1. The van der Waals surface area contributed by atoms with Crippen LogP contribution >= 0.6 is 31.9 Å². The van der Waals surface area contributed by atoms with Crippen LogP contribution in [0.25, 0.3) is 0 Å². The normalized spacial score (nSPS) is 14.1. The molecular weight excluding hydrogens is 228 g/mol. The van der Waals surface area contributed by atoms with E-state index >= 15 is 0 Å². The highest BCUT2D eigenvalue weighted by Gasteiger charge is 1.96. The van der Waals surface area contributed by atoms with E-state index in [0.29, 0.717) is 5.52 Å². The zero-order chi connectivity index (χ0) is 5.70. The molecular formula is C3H6Br2O2. The van der Waals surface area contributed by atoms with Gasteiger partial charge in [-0.15, -0.1) is 0 Å². The van der Waals surface area contributed by atoms with E-state index in [1.54, 1.807) is 0 Å². The monoisotopic (exact) mass is 232 g/mol. The van der Waals surface area contributed by atoms with Crippen LogP contribution in [0.1, 0.15) is 0 Å². The van der Waals surface area contributed by atoms with Gasteiger partial charge in [-0.25, -0.2) is 0 Å². The minimum Gasteiger partial charge on any atom is -0.393 e. The van der Waals surface area contributed by atoms with E-state index in [0.717, 1.165) is 0 Å². The molecule has 0 aliphatic rings. The molecule has 0 saturated carbocycles. The van der Waals surface area contributed by atoms with Gasteiger partial charge >= 0.3 is 0 Å². The maximum atomic E-state index is 8.27. The molecule has 0 heterocycles. The first-order chi connectivity index (χ1) is 3.31. The third-order valence-corrected chi connectivity index (χ3v) is 1.21. The second-order valence-corrected chi connectivity index (χ2v) is 2.35. The van der Waals surface area contributed by atoms with Crippen molar-refractivity contribution in [2.75, 3.05) is 12.1 Å². The van der Waals surface area contributed by atoms with Gasteiger partial charge in [0.15, 0.2) is 0 Å². The van der Waals surface area contributed by atoms with Gasteiger partial charge in [0, 0.05) is 0 Å². The van der Waals surface area contributed by atoms with Gasteiger partial charge in [0.1, 0.15) is 10.5 Å². The van der Waals surface area contributed by atoms with E-state index in [9.17, 15) is 0 Å². The molecule has 0 fully saturated rings. The summed E-state index contributed by atoms with van der Waals surface area (Å²) in [6.07, 6.45) is 0. The molecule has 4 heteroatoms. The van der Waals surface area contributed by atoms with Crippen LogP contribution in [0.15, 0.2) is 0 Å². The highest BCUT2D eigenvalue weighted by molar-refractivity contribution is 9.09. The molecule has 0 aliphatic carbocycles. The summed E-state index contributed by atoms with van der Waals surface area (Å²) >= 11 is 6.06. The van der Waals surface area contributed by atoms with Crippen molar-refractivity contribution in [2.45, 2.75) is 5.01 Å². The number of aliphatic hydroxyl groups excluding tert-OH is 1. The van der Waals surface area contributed by atoms with Gasteiger partial charge in [-0.3, -0.25) is 0 Å². The molecule has 0 rings (SSSR count). The zero-order valence-corrected chi connectivity index (χ0v) is 6.77. The minimum absolute atomic E-state index is 0.00556. The van der Waals surface area contributed by atoms with Crippen molar-refractivity contribution in [1.29, 1.82) is 0 Å². The predicted octanol–water partition coefficient (Wildman–Crippen LogP) is 1.07. The van der Waals surface area contributed by atoms with Crippen molar-refractivity contribution in [1.82, 2.24) is 0 Å². The lowest BCUT2D eigenvalue weighted by Gasteiger charge is -2.01. The van der Waals surface area contributed by atoms with Crippen LogP contribution in [0, 0.1) is 0 Å². The van der Waals surface area contributed by atoms with Gasteiger partial charge in [0.2, 0.25) is 0 Å². The SMILES string of the molecule is OCC(Br)OCBr. The fourth-order valence-corrected chi connectivity index (χ4v) is 0.927. The molecule has 0 aromatic heterocycles. The van der Waals surface area contributed by atoms with Crippen molar-refractivity contribution in [3.63, 3.8) is 0 Å². The summed E-state index contributed by atoms with van der Waals surface area (Å²) < 4.78 is 4.77. The Bertz CT molecular complexity index is 41.9. The number of hydrogen-bond donors (Lipinski definition) is 1. The Morgan fingerprint density at radius 3 is 2.43 bits per heavy atom. The second kappa shape index (κ2) is 5.03. The van der Waals surface area contributed by atoms with Crippen LogP contribution in [0.3, 0.4) is 0 Å². The maximum absolute atomic E-state index is 8.27. The molecule has 0 bridgehead atoms. The molecule has 0 aliphatic heterocycles. The van der Waals surface area contributed by atoms with E-state index < -0.39 is 0 Å². The third-order valence-electron chi connectivity index (χ3n) is 0.387. The Morgan fingerprint density at radius 1 is 1.71 bits per heavy atom. The topological polar surface area (TPSA) is 29.5 Å². The number of aliphatic hydroxyl groups is 1. The van der Waals surface area contributed by atoms with Crippen molar-refractivity contribution in [3.8, 4) is 0 Å². The van der Waals surface area contributed by atoms with E-state index in [-0.39, 0.29) is 11.6 Å². The van der Waals surface area contributed by atoms with Crippen molar-refractivity contribution < 1.29 is 9.84 Å². The van der Waals surface area contributed by atoms with E-state index in [4.69, 9.17) is 9.84 Å². The average molecular weight is 234 g/mol. The van der Waals surface area contributed by atoms with Crippen molar-refractivity contribution in [3.05, 3.63) is 0 Å². The highest BCUT2D eigenvalue weighted by Crippen LogP contribution is 2.00. The summed E-state index contributed by atoms with van der Waals surface area (Å²) in [5.41, 5.74) is 0.448. The van der Waals surface area contributed by atoms with Gasteiger partial charge in [-0.05, 0) is 0 Å². The summed E-state index contributed by atoms with van der Waals surface area (Å²) in [6, 6.07) is 0. The Morgan fingerprint density at radius 2 is 2.29 bits per heavy atom. The molecule has 0 saturated heterocycles. The number of halogens is 2. The maximum Gasteiger partial charge on any atom is 0.136 e. The van der Waals surface area contributed by atoms with Crippen LogP contribution in [-0.4, -0.2) is 22.2 Å². The van der Waals surface area contributed by atoms with Gasteiger partial charge in [-0.2, -0.15) is 0 Å². The fraction of sp³-hybridized carbons (Fsp3) is 1.00. The van der Waals surface area contributed by atoms with Gasteiger partial charge in [-0.1, -0.05) is 31.9 Å².